The number of nitrogens with zero attached hydrogens (tertiary/aromatic N) is 1. The summed E-state index contributed by atoms with van der Waals surface area (Å²) in [5.74, 6) is -0.456. The Kier molecular flexibility index (Phi) is 6.06. The maximum atomic E-state index is 12.2. The predicted molar refractivity (Wildman–Crippen MR) is 97.1 cm³/mol. The molecule has 0 saturated carbocycles. The lowest BCUT2D eigenvalue weighted by Crippen LogP contribution is -2.23. The first-order chi connectivity index (χ1) is 12.2. The summed E-state index contributed by atoms with van der Waals surface area (Å²) in [6.45, 7) is 1.83. The smallest absolute Gasteiger partial charge is 0.272 e. The highest BCUT2D eigenvalue weighted by atomic mass is 32.2. The highest BCUT2D eigenvalue weighted by Gasteiger charge is 2.14. The summed E-state index contributed by atoms with van der Waals surface area (Å²) in [7, 11) is -1.97. The quantitative estimate of drug-likeness (QED) is 0.564. The Bertz CT molecular complexity index is 924. The van der Waals surface area contributed by atoms with Crippen molar-refractivity contribution in [3.8, 4) is 0 Å². The second-order valence-electron chi connectivity index (χ2n) is 5.72. The van der Waals surface area contributed by atoms with Gasteiger partial charge < -0.3 is 5.32 Å². The molecule has 0 bridgehead atoms. The normalized spacial score (nSPS) is 11.2. The predicted octanol–water partition coefficient (Wildman–Crippen LogP) is 1.88. The number of carbonyl (C=O) groups is 1. The molecule has 0 aliphatic carbocycles. The molecule has 0 atom stereocenters. The minimum atomic E-state index is -3.33. The SMILES string of the molecule is CNS(=O)(=O)Cc1ccc(CNC(=O)c2ccc([N+](=O)[O-])c(C)c2)cc1. The first kappa shape index (κ1) is 19.5. The molecule has 2 aromatic rings. The van der Waals surface area contributed by atoms with Crippen molar-refractivity contribution in [1.82, 2.24) is 10.0 Å². The van der Waals surface area contributed by atoms with E-state index in [1.807, 2.05) is 0 Å². The van der Waals surface area contributed by atoms with E-state index in [1.54, 1.807) is 31.2 Å². The standard InChI is InChI=1S/C17H19N3O5S/c1-12-9-15(7-8-16(12)20(22)23)17(21)19-10-13-3-5-14(6-4-13)11-26(24,25)18-2/h3-9,18H,10-11H2,1-2H3,(H,19,21). The molecule has 0 saturated heterocycles. The van der Waals surface area contributed by atoms with E-state index < -0.39 is 14.9 Å². The molecule has 0 aliphatic heterocycles. The second-order valence-corrected chi connectivity index (χ2v) is 7.65. The molecule has 0 spiro atoms. The Labute approximate surface area is 151 Å². The lowest BCUT2D eigenvalue weighted by atomic mass is 10.1. The van der Waals surface area contributed by atoms with Gasteiger partial charge in [0.2, 0.25) is 10.0 Å². The van der Waals surface area contributed by atoms with Crippen LogP contribution < -0.4 is 10.0 Å². The van der Waals surface area contributed by atoms with Crippen molar-refractivity contribution in [3.63, 3.8) is 0 Å². The molecule has 0 heterocycles. The summed E-state index contributed by atoms with van der Waals surface area (Å²) in [4.78, 5) is 22.5. The molecule has 1 amide bonds. The van der Waals surface area contributed by atoms with E-state index in [-0.39, 0.29) is 23.9 Å². The number of nitro groups is 1. The fourth-order valence-corrected chi connectivity index (χ4v) is 3.11. The van der Waals surface area contributed by atoms with Gasteiger partial charge in [0.15, 0.2) is 0 Å². The Balaban J connectivity index is 1.99. The highest BCUT2D eigenvalue weighted by Crippen LogP contribution is 2.18. The van der Waals surface area contributed by atoms with Crippen molar-refractivity contribution < 1.29 is 18.1 Å². The number of sulfonamides is 1. The number of carbonyl (C=O) groups excluding carboxylic acids is 1. The minimum absolute atomic E-state index is 0.0336. The highest BCUT2D eigenvalue weighted by molar-refractivity contribution is 7.88. The fraction of sp³-hybridized carbons (Fsp3) is 0.235. The molecule has 2 N–H and O–H groups in total. The zero-order valence-corrected chi connectivity index (χ0v) is 15.2. The number of rotatable bonds is 7. The zero-order valence-electron chi connectivity index (χ0n) is 14.4. The maximum absolute atomic E-state index is 12.2. The van der Waals surface area contributed by atoms with E-state index in [0.717, 1.165) is 5.56 Å². The first-order valence-corrected chi connectivity index (χ1v) is 9.39. The van der Waals surface area contributed by atoms with E-state index in [4.69, 9.17) is 0 Å². The topological polar surface area (TPSA) is 118 Å². The number of nitrogens with one attached hydrogen (secondary N) is 2. The van der Waals surface area contributed by atoms with E-state index in [0.29, 0.717) is 16.7 Å². The minimum Gasteiger partial charge on any atom is -0.348 e. The molecule has 0 radical (unpaired) electrons. The summed E-state index contributed by atoms with van der Waals surface area (Å²) in [5, 5.41) is 13.5. The maximum Gasteiger partial charge on any atom is 0.272 e. The van der Waals surface area contributed by atoms with Gasteiger partial charge in [-0.2, -0.15) is 0 Å². The van der Waals surface area contributed by atoms with Gasteiger partial charge >= 0.3 is 0 Å². The lowest BCUT2D eigenvalue weighted by Gasteiger charge is -2.08. The molecule has 0 fully saturated rings. The third-order valence-electron chi connectivity index (χ3n) is 3.80. The molecular weight excluding hydrogens is 358 g/mol. The van der Waals surface area contributed by atoms with Crippen molar-refractivity contribution in [1.29, 1.82) is 0 Å². The number of amides is 1. The third-order valence-corrected chi connectivity index (χ3v) is 5.13. The average molecular weight is 377 g/mol. The Hall–Kier alpha value is -2.78. The summed E-state index contributed by atoms with van der Waals surface area (Å²) in [6, 6.07) is 11.0. The van der Waals surface area contributed by atoms with Gasteiger partial charge in [-0.05, 0) is 37.2 Å². The van der Waals surface area contributed by atoms with Crippen molar-refractivity contribution in [2.45, 2.75) is 19.2 Å². The molecule has 0 aromatic heterocycles. The average Bonchev–Trinajstić information content (AvgIpc) is 2.60. The van der Waals surface area contributed by atoms with Gasteiger partial charge in [-0.3, -0.25) is 14.9 Å². The van der Waals surface area contributed by atoms with E-state index >= 15 is 0 Å². The van der Waals surface area contributed by atoms with Crippen LogP contribution in [0.1, 0.15) is 27.0 Å². The number of aryl methyl sites for hydroxylation is 1. The van der Waals surface area contributed by atoms with Gasteiger partial charge in [0.05, 0.1) is 10.7 Å². The van der Waals surface area contributed by atoms with Crippen LogP contribution in [-0.2, 0) is 22.3 Å². The molecule has 0 unspecified atom stereocenters. The Morgan fingerprint density at radius 1 is 1.12 bits per heavy atom. The van der Waals surface area contributed by atoms with Crippen LogP contribution in [0, 0.1) is 17.0 Å². The van der Waals surface area contributed by atoms with Gasteiger partial charge in [-0.1, -0.05) is 24.3 Å². The van der Waals surface area contributed by atoms with Crippen molar-refractivity contribution in [2.75, 3.05) is 7.05 Å². The van der Waals surface area contributed by atoms with Gasteiger partial charge in [0.1, 0.15) is 0 Å². The van der Waals surface area contributed by atoms with Crippen LogP contribution in [0.2, 0.25) is 0 Å². The third kappa shape index (κ3) is 5.11. The molecule has 2 aromatic carbocycles. The Morgan fingerprint density at radius 2 is 1.73 bits per heavy atom. The molecule has 26 heavy (non-hydrogen) atoms. The van der Waals surface area contributed by atoms with Gasteiger partial charge in [0.25, 0.3) is 11.6 Å². The number of hydrogen-bond acceptors (Lipinski definition) is 5. The second kappa shape index (κ2) is 8.07. The van der Waals surface area contributed by atoms with Gasteiger partial charge in [-0.25, -0.2) is 13.1 Å². The lowest BCUT2D eigenvalue weighted by molar-refractivity contribution is -0.385. The Morgan fingerprint density at radius 3 is 2.27 bits per heavy atom. The van der Waals surface area contributed by atoms with Crippen LogP contribution in [0.25, 0.3) is 0 Å². The van der Waals surface area contributed by atoms with Crippen LogP contribution in [0.4, 0.5) is 5.69 Å². The molecule has 2 rings (SSSR count). The first-order valence-electron chi connectivity index (χ1n) is 7.74. The monoisotopic (exact) mass is 377 g/mol. The number of benzene rings is 2. The van der Waals surface area contributed by atoms with Crippen molar-refractivity contribution in [2.24, 2.45) is 0 Å². The fourth-order valence-electron chi connectivity index (χ4n) is 2.33. The largest absolute Gasteiger partial charge is 0.348 e. The van der Waals surface area contributed by atoms with Crippen LogP contribution >= 0.6 is 0 Å². The van der Waals surface area contributed by atoms with Crippen LogP contribution in [0.5, 0.6) is 0 Å². The van der Waals surface area contributed by atoms with E-state index in [9.17, 15) is 23.3 Å². The van der Waals surface area contributed by atoms with Crippen LogP contribution in [0.3, 0.4) is 0 Å². The molecule has 138 valence electrons. The molecule has 9 heteroatoms. The summed E-state index contributed by atoms with van der Waals surface area (Å²) >= 11 is 0. The van der Waals surface area contributed by atoms with E-state index in [2.05, 4.69) is 10.0 Å². The van der Waals surface area contributed by atoms with Gasteiger partial charge in [-0.15, -0.1) is 0 Å². The van der Waals surface area contributed by atoms with Crippen LogP contribution in [-0.4, -0.2) is 26.3 Å². The van der Waals surface area contributed by atoms with Crippen molar-refractivity contribution >= 4 is 21.6 Å². The van der Waals surface area contributed by atoms with Gasteiger partial charge in [0, 0.05) is 23.7 Å². The summed E-state index contributed by atoms with van der Waals surface area (Å²) in [5.41, 5.74) is 2.17. The van der Waals surface area contributed by atoms with Crippen LogP contribution in [0.15, 0.2) is 42.5 Å². The van der Waals surface area contributed by atoms with Crippen molar-refractivity contribution in [3.05, 3.63) is 74.8 Å². The molecule has 0 aliphatic rings. The molecular formula is C17H19N3O5S. The summed E-state index contributed by atoms with van der Waals surface area (Å²) in [6.07, 6.45) is 0. The van der Waals surface area contributed by atoms with E-state index in [1.165, 1.54) is 25.2 Å². The number of nitro benzene ring substituents is 1. The molecule has 8 nitrogen and oxygen atoms in total. The zero-order chi connectivity index (χ0) is 19.3. The number of hydrogen-bond donors (Lipinski definition) is 2. The summed E-state index contributed by atoms with van der Waals surface area (Å²) < 4.78 is 25.3.